The molecule has 0 rings (SSSR count). The van der Waals surface area contributed by atoms with Crippen LogP contribution in [0.4, 0.5) is 0 Å². The first kappa shape index (κ1) is 10.4. The highest BCUT2D eigenvalue weighted by molar-refractivity contribution is 5.75. The number of carbonyl (C=O) groups excluding carboxylic acids is 1. The molecule has 0 aromatic heterocycles. The Morgan fingerprint density at radius 1 is 1.36 bits per heavy atom. The normalized spacial score (nSPS) is 9.64. The van der Waals surface area contributed by atoms with Crippen LogP contribution in [0.5, 0.6) is 0 Å². The number of unbranched alkanes of at least 4 members (excludes halogenated alkanes) is 2. The van der Waals surface area contributed by atoms with Crippen LogP contribution in [0.15, 0.2) is 0 Å². The van der Waals surface area contributed by atoms with Gasteiger partial charge in [-0.25, -0.2) is 0 Å². The second kappa shape index (κ2) is 7.54. The van der Waals surface area contributed by atoms with E-state index in [9.17, 15) is 4.79 Å². The smallest absolute Gasteiger partial charge is 0.219 e. The van der Waals surface area contributed by atoms with Crippen molar-refractivity contribution in [3.63, 3.8) is 0 Å². The van der Waals surface area contributed by atoms with Gasteiger partial charge in [-0.15, -0.1) is 0 Å². The first-order valence-corrected chi connectivity index (χ1v) is 4.18. The van der Waals surface area contributed by atoms with Crippen LogP contribution >= 0.6 is 0 Å². The first-order chi connectivity index (χ1) is 5.31. The van der Waals surface area contributed by atoms with Gasteiger partial charge in [0.1, 0.15) is 0 Å². The molecule has 0 unspecified atom stereocenters. The number of nitrogens with one attached hydrogen (secondary N) is 1. The third-order valence-corrected chi connectivity index (χ3v) is 1.44. The first-order valence-electron chi connectivity index (χ1n) is 4.18. The molecule has 0 heterocycles. The van der Waals surface area contributed by atoms with Crippen LogP contribution in [-0.2, 0) is 4.79 Å². The molecule has 0 aliphatic carbocycles. The molecule has 0 bridgehead atoms. The van der Waals surface area contributed by atoms with Gasteiger partial charge < -0.3 is 10.4 Å². The molecule has 0 aromatic rings. The summed E-state index contributed by atoms with van der Waals surface area (Å²) in [7, 11) is 0. The van der Waals surface area contributed by atoms with Gasteiger partial charge in [0.15, 0.2) is 0 Å². The van der Waals surface area contributed by atoms with Crippen LogP contribution in [0, 0.1) is 0 Å². The Bertz CT molecular complexity index is 104. The molecule has 0 radical (unpaired) electrons. The average Bonchev–Trinajstić information content (AvgIpc) is 1.99. The minimum absolute atomic E-state index is 0.116. The topological polar surface area (TPSA) is 49.3 Å². The van der Waals surface area contributed by atoms with Crippen molar-refractivity contribution >= 4 is 5.91 Å². The third kappa shape index (κ3) is 7.33. The molecule has 3 nitrogen and oxygen atoms in total. The number of hydrogen-bond donors (Lipinski definition) is 2. The van der Waals surface area contributed by atoms with Crippen molar-refractivity contribution in [2.24, 2.45) is 0 Å². The maximum atomic E-state index is 10.8. The Hall–Kier alpha value is -0.570. The second-order valence-electron chi connectivity index (χ2n) is 2.49. The van der Waals surface area contributed by atoms with E-state index in [1.165, 1.54) is 0 Å². The average molecular weight is 159 g/mol. The lowest BCUT2D eigenvalue weighted by Crippen LogP contribution is -2.21. The molecule has 1 amide bonds. The van der Waals surface area contributed by atoms with Crippen molar-refractivity contribution in [1.82, 2.24) is 5.32 Å². The van der Waals surface area contributed by atoms with E-state index >= 15 is 0 Å². The molecule has 0 atom stereocenters. The van der Waals surface area contributed by atoms with E-state index in [0.717, 1.165) is 19.3 Å². The van der Waals surface area contributed by atoms with Gasteiger partial charge >= 0.3 is 0 Å². The van der Waals surface area contributed by atoms with Crippen molar-refractivity contribution in [3.8, 4) is 0 Å². The largest absolute Gasteiger partial charge is 0.396 e. The second-order valence-corrected chi connectivity index (χ2v) is 2.49. The zero-order chi connectivity index (χ0) is 8.53. The van der Waals surface area contributed by atoms with Gasteiger partial charge in [0.2, 0.25) is 5.91 Å². The summed E-state index contributed by atoms with van der Waals surface area (Å²) in [6.45, 7) is 2.85. The Balaban J connectivity index is 3.04. The molecule has 3 heteroatoms. The van der Waals surface area contributed by atoms with Gasteiger partial charge in [-0.1, -0.05) is 6.42 Å². The monoisotopic (exact) mass is 159 g/mol. The summed E-state index contributed by atoms with van der Waals surface area (Å²) in [5, 5.41) is 11.2. The molecule has 0 aliphatic heterocycles. The lowest BCUT2D eigenvalue weighted by atomic mass is 10.2. The van der Waals surface area contributed by atoms with Crippen LogP contribution < -0.4 is 5.32 Å². The van der Waals surface area contributed by atoms with Crippen molar-refractivity contribution in [3.05, 3.63) is 0 Å². The van der Waals surface area contributed by atoms with E-state index in [0.29, 0.717) is 13.0 Å². The summed E-state index contributed by atoms with van der Waals surface area (Å²) in [6, 6.07) is 0. The summed E-state index contributed by atoms with van der Waals surface area (Å²) >= 11 is 0. The summed E-state index contributed by atoms with van der Waals surface area (Å²) in [5.41, 5.74) is 0. The Morgan fingerprint density at radius 2 is 2.09 bits per heavy atom. The highest BCUT2D eigenvalue weighted by Gasteiger charge is 1.97. The predicted octanol–water partition coefficient (Wildman–Crippen LogP) is 0.675. The van der Waals surface area contributed by atoms with Gasteiger partial charge in [-0.3, -0.25) is 4.79 Å². The van der Waals surface area contributed by atoms with E-state index in [4.69, 9.17) is 5.11 Å². The fourth-order valence-corrected chi connectivity index (χ4v) is 0.860. The molecular formula is C8H17NO2. The molecular weight excluding hydrogens is 142 g/mol. The minimum atomic E-state index is 0.116. The van der Waals surface area contributed by atoms with Crippen molar-refractivity contribution in [2.45, 2.75) is 32.6 Å². The number of aliphatic hydroxyl groups excluding tert-OH is 1. The summed E-state index contributed by atoms with van der Waals surface area (Å²) in [4.78, 5) is 10.8. The molecule has 0 aliphatic rings. The van der Waals surface area contributed by atoms with Gasteiger partial charge in [0.05, 0.1) is 0 Å². The zero-order valence-corrected chi connectivity index (χ0v) is 7.10. The minimum Gasteiger partial charge on any atom is -0.396 e. The molecule has 0 aromatic carbocycles. The Kier molecular flexibility index (Phi) is 7.15. The number of amides is 1. The van der Waals surface area contributed by atoms with Crippen LogP contribution in [0.3, 0.4) is 0 Å². The van der Waals surface area contributed by atoms with Crippen molar-refractivity contribution in [2.75, 3.05) is 13.2 Å². The Morgan fingerprint density at radius 3 is 2.64 bits per heavy atom. The van der Waals surface area contributed by atoms with Crippen molar-refractivity contribution in [1.29, 1.82) is 0 Å². The molecule has 0 saturated heterocycles. The van der Waals surface area contributed by atoms with Gasteiger partial charge in [-0.05, 0) is 19.8 Å². The number of hydrogen-bond acceptors (Lipinski definition) is 2. The molecule has 0 spiro atoms. The van der Waals surface area contributed by atoms with E-state index in [-0.39, 0.29) is 12.5 Å². The molecule has 66 valence electrons. The van der Waals surface area contributed by atoms with E-state index in [2.05, 4.69) is 5.32 Å². The van der Waals surface area contributed by atoms with Crippen LogP contribution in [0.25, 0.3) is 0 Å². The third-order valence-electron chi connectivity index (χ3n) is 1.44. The number of aliphatic hydroxyl groups is 1. The molecule has 2 N–H and O–H groups in total. The molecule has 11 heavy (non-hydrogen) atoms. The lowest BCUT2D eigenvalue weighted by Gasteiger charge is -2.00. The summed E-state index contributed by atoms with van der Waals surface area (Å²) < 4.78 is 0. The maximum Gasteiger partial charge on any atom is 0.219 e. The SMILES string of the molecule is CCNC(=O)CCCCCO. The fraction of sp³-hybridized carbons (Fsp3) is 0.875. The fourth-order valence-electron chi connectivity index (χ4n) is 0.860. The molecule has 0 saturated carbocycles. The maximum absolute atomic E-state index is 10.8. The van der Waals surface area contributed by atoms with E-state index in [1.807, 2.05) is 6.92 Å². The zero-order valence-electron chi connectivity index (χ0n) is 7.10. The highest BCUT2D eigenvalue weighted by atomic mass is 16.2. The van der Waals surface area contributed by atoms with Crippen LogP contribution in [0.2, 0.25) is 0 Å². The Labute approximate surface area is 67.8 Å². The summed E-state index contributed by atoms with van der Waals surface area (Å²) in [6.07, 6.45) is 3.22. The quantitative estimate of drug-likeness (QED) is 0.560. The van der Waals surface area contributed by atoms with Gasteiger partial charge in [0, 0.05) is 19.6 Å². The predicted molar refractivity (Wildman–Crippen MR) is 44.2 cm³/mol. The van der Waals surface area contributed by atoms with Gasteiger partial charge in [-0.2, -0.15) is 0 Å². The standard InChI is InChI=1S/C8H17NO2/c1-2-9-8(11)6-4-3-5-7-10/h10H,2-7H2,1H3,(H,9,11). The summed E-state index contributed by atoms with van der Waals surface area (Å²) in [5.74, 6) is 0.116. The number of rotatable bonds is 6. The van der Waals surface area contributed by atoms with E-state index < -0.39 is 0 Å². The molecule has 0 fully saturated rings. The van der Waals surface area contributed by atoms with E-state index in [1.54, 1.807) is 0 Å². The van der Waals surface area contributed by atoms with Gasteiger partial charge in [0.25, 0.3) is 0 Å². The number of carbonyl (C=O) groups is 1. The lowest BCUT2D eigenvalue weighted by molar-refractivity contribution is -0.121. The van der Waals surface area contributed by atoms with Crippen LogP contribution in [-0.4, -0.2) is 24.2 Å². The van der Waals surface area contributed by atoms with Crippen LogP contribution in [0.1, 0.15) is 32.6 Å². The van der Waals surface area contributed by atoms with Crippen molar-refractivity contribution < 1.29 is 9.90 Å². The highest BCUT2D eigenvalue weighted by Crippen LogP contribution is 1.98.